The molecule has 0 aliphatic heterocycles. The molecule has 0 aliphatic rings. The van der Waals surface area contributed by atoms with E-state index in [9.17, 15) is 19.5 Å². The SMILES string of the molecule is COc1ccc(/C=N/NC(=O)c2ccc(=O)[nH]n2)c(C(=O)O)c1OC. The van der Waals surface area contributed by atoms with Gasteiger partial charge in [-0.25, -0.2) is 15.3 Å². The minimum absolute atomic E-state index is 0.0348. The summed E-state index contributed by atoms with van der Waals surface area (Å²) >= 11 is 0. The molecule has 0 radical (unpaired) electrons. The van der Waals surface area contributed by atoms with Crippen molar-refractivity contribution in [1.82, 2.24) is 15.6 Å². The number of nitrogens with zero attached hydrogens (tertiary/aromatic N) is 2. The number of amides is 1. The first-order valence-corrected chi connectivity index (χ1v) is 6.85. The molecule has 1 aromatic heterocycles. The predicted octanol–water partition coefficient (Wildman–Crippen LogP) is 0.249. The fourth-order valence-electron chi connectivity index (χ4n) is 1.96. The summed E-state index contributed by atoms with van der Waals surface area (Å²) in [6.45, 7) is 0. The lowest BCUT2D eigenvalue weighted by atomic mass is 10.1. The highest BCUT2D eigenvalue weighted by molar-refractivity contribution is 6.02. The summed E-state index contributed by atoms with van der Waals surface area (Å²) < 4.78 is 10.1. The number of carbonyl (C=O) groups excluding carboxylic acids is 1. The van der Waals surface area contributed by atoms with Gasteiger partial charge in [0.15, 0.2) is 17.2 Å². The first-order chi connectivity index (χ1) is 12.0. The van der Waals surface area contributed by atoms with Crippen LogP contribution in [0, 0.1) is 0 Å². The Hall–Kier alpha value is -3.69. The van der Waals surface area contributed by atoms with Crippen LogP contribution in [0.15, 0.2) is 34.2 Å². The van der Waals surface area contributed by atoms with E-state index in [4.69, 9.17) is 9.47 Å². The van der Waals surface area contributed by atoms with Crippen LogP contribution in [0.5, 0.6) is 11.5 Å². The van der Waals surface area contributed by atoms with Gasteiger partial charge in [-0.15, -0.1) is 0 Å². The molecule has 130 valence electrons. The summed E-state index contributed by atoms with van der Waals surface area (Å²) in [5, 5.41) is 18.7. The number of hydrogen-bond donors (Lipinski definition) is 3. The van der Waals surface area contributed by atoms with Gasteiger partial charge in [0.25, 0.3) is 11.5 Å². The van der Waals surface area contributed by atoms with Crippen LogP contribution in [0.25, 0.3) is 0 Å². The second-order valence-electron chi connectivity index (χ2n) is 4.58. The summed E-state index contributed by atoms with van der Waals surface area (Å²) in [7, 11) is 2.70. The van der Waals surface area contributed by atoms with E-state index >= 15 is 0 Å². The minimum atomic E-state index is -1.24. The Morgan fingerprint density at radius 1 is 1.24 bits per heavy atom. The number of aromatic amines is 1. The molecule has 1 aromatic carbocycles. The lowest BCUT2D eigenvalue weighted by Crippen LogP contribution is -2.21. The van der Waals surface area contributed by atoms with Gasteiger partial charge in [-0.2, -0.15) is 10.2 Å². The Balaban J connectivity index is 2.25. The molecule has 0 bridgehead atoms. The highest BCUT2D eigenvalue weighted by atomic mass is 16.5. The molecular formula is C15H14N4O6. The molecule has 0 fully saturated rings. The van der Waals surface area contributed by atoms with Crippen LogP contribution in [0.1, 0.15) is 26.4 Å². The number of H-pyrrole nitrogens is 1. The molecule has 0 unspecified atom stereocenters. The average molecular weight is 346 g/mol. The summed E-state index contributed by atoms with van der Waals surface area (Å²) in [6.07, 6.45) is 1.15. The van der Waals surface area contributed by atoms with E-state index in [1.807, 2.05) is 0 Å². The minimum Gasteiger partial charge on any atom is -0.493 e. The maximum absolute atomic E-state index is 11.8. The third-order valence-electron chi connectivity index (χ3n) is 3.07. The number of aromatic carboxylic acids is 1. The monoisotopic (exact) mass is 346 g/mol. The molecule has 0 saturated carbocycles. The van der Waals surface area contributed by atoms with Crippen molar-refractivity contribution in [3.05, 3.63) is 51.4 Å². The van der Waals surface area contributed by atoms with E-state index in [0.29, 0.717) is 0 Å². The number of rotatable bonds is 6. The van der Waals surface area contributed by atoms with Gasteiger partial charge < -0.3 is 14.6 Å². The number of ether oxygens (including phenoxy) is 2. The lowest BCUT2D eigenvalue weighted by Gasteiger charge is -2.12. The van der Waals surface area contributed by atoms with Gasteiger partial charge in [0.2, 0.25) is 0 Å². The van der Waals surface area contributed by atoms with E-state index in [0.717, 1.165) is 12.3 Å². The third kappa shape index (κ3) is 3.99. The number of hydrogen-bond acceptors (Lipinski definition) is 7. The van der Waals surface area contributed by atoms with Gasteiger partial charge in [0.05, 0.1) is 20.4 Å². The fraction of sp³-hybridized carbons (Fsp3) is 0.133. The van der Waals surface area contributed by atoms with Crippen molar-refractivity contribution in [2.45, 2.75) is 0 Å². The van der Waals surface area contributed by atoms with Crippen LogP contribution >= 0.6 is 0 Å². The molecule has 0 saturated heterocycles. The first kappa shape index (κ1) is 17.7. The molecular weight excluding hydrogens is 332 g/mol. The van der Waals surface area contributed by atoms with Crippen molar-refractivity contribution in [2.75, 3.05) is 14.2 Å². The van der Waals surface area contributed by atoms with Gasteiger partial charge in [-0.05, 0) is 18.2 Å². The quantitative estimate of drug-likeness (QED) is 0.502. The number of nitrogens with one attached hydrogen (secondary N) is 2. The van der Waals surface area contributed by atoms with Crippen molar-refractivity contribution in [2.24, 2.45) is 5.10 Å². The lowest BCUT2D eigenvalue weighted by molar-refractivity contribution is 0.0692. The van der Waals surface area contributed by atoms with Crippen LogP contribution in [0.3, 0.4) is 0 Å². The van der Waals surface area contributed by atoms with E-state index in [1.165, 1.54) is 32.4 Å². The summed E-state index contributed by atoms with van der Waals surface area (Å²) in [5.74, 6) is -1.64. The first-order valence-electron chi connectivity index (χ1n) is 6.85. The standard InChI is InChI=1S/C15H14N4O6/c1-24-10-5-3-8(12(15(22)23)13(10)25-2)7-16-19-14(21)9-4-6-11(20)18-17-9/h3-7H,1-2H3,(H,18,20)(H,19,21)(H,22,23)/b16-7+. The molecule has 10 nitrogen and oxygen atoms in total. The average Bonchev–Trinajstić information content (AvgIpc) is 2.61. The molecule has 0 spiro atoms. The van der Waals surface area contributed by atoms with Gasteiger partial charge in [0.1, 0.15) is 5.56 Å². The molecule has 1 amide bonds. The molecule has 10 heteroatoms. The zero-order valence-electron chi connectivity index (χ0n) is 13.3. The van der Waals surface area contributed by atoms with Crippen LogP contribution in [-0.4, -0.2) is 47.6 Å². The van der Waals surface area contributed by atoms with E-state index < -0.39 is 17.4 Å². The highest BCUT2D eigenvalue weighted by Crippen LogP contribution is 2.32. The van der Waals surface area contributed by atoms with E-state index in [-0.39, 0.29) is 28.3 Å². The van der Waals surface area contributed by atoms with Crippen molar-refractivity contribution in [3.8, 4) is 11.5 Å². The second-order valence-corrected chi connectivity index (χ2v) is 4.58. The van der Waals surface area contributed by atoms with Crippen LogP contribution in [0.2, 0.25) is 0 Å². The Bertz CT molecular complexity index is 870. The fourth-order valence-corrected chi connectivity index (χ4v) is 1.96. The maximum atomic E-state index is 11.8. The normalized spacial score (nSPS) is 10.5. The predicted molar refractivity (Wildman–Crippen MR) is 86.4 cm³/mol. The van der Waals surface area contributed by atoms with Gasteiger partial charge in [0, 0.05) is 11.6 Å². The van der Waals surface area contributed by atoms with E-state index in [1.54, 1.807) is 0 Å². The van der Waals surface area contributed by atoms with Gasteiger partial charge in [-0.1, -0.05) is 0 Å². The van der Waals surface area contributed by atoms with Crippen molar-refractivity contribution < 1.29 is 24.2 Å². The Morgan fingerprint density at radius 2 is 2.00 bits per heavy atom. The molecule has 2 aromatic rings. The molecule has 3 N–H and O–H groups in total. The zero-order valence-corrected chi connectivity index (χ0v) is 13.3. The number of benzene rings is 1. The highest BCUT2D eigenvalue weighted by Gasteiger charge is 2.20. The number of carboxylic acids is 1. The number of methoxy groups -OCH3 is 2. The van der Waals surface area contributed by atoms with Gasteiger partial charge in [-0.3, -0.25) is 9.59 Å². The van der Waals surface area contributed by atoms with Crippen molar-refractivity contribution in [1.29, 1.82) is 0 Å². The summed E-state index contributed by atoms with van der Waals surface area (Å²) in [4.78, 5) is 34.2. The summed E-state index contributed by atoms with van der Waals surface area (Å²) in [5.41, 5.74) is 1.71. The van der Waals surface area contributed by atoms with Crippen LogP contribution < -0.4 is 20.5 Å². The molecule has 1 heterocycles. The van der Waals surface area contributed by atoms with Gasteiger partial charge >= 0.3 is 5.97 Å². The summed E-state index contributed by atoms with van der Waals surface area (Å²) in [6, 6.07) is 5.34. The maximum Gasteiger partial charge on any atom is 0.340 e. The topological polar surface area (TPSA) is 143 Å². The van der Waals surface area contributed by atoms with Crippen molar-refractivity contribution >= 4 is 18.1 Å². The number of aromatic nitrogens is 2. The molecule has 0 aliphatic carbocycles. The number of hydrazone groups is 1. The molecule has 25 heavy (non-hydrogen) atoms. The Morgan fingerprint density at radius 3 is 2.56 bits per heavy atom. The Labute approximate surface area is 141 Å². The molecule has 0 atom stereocenters. The van der Waals surface area contributed by atoms with Crippen LogP contribution in [0.4, 0.5) is 0 Å². The largest absolute Gasteiger partial charge is 0.493 e. The van der Waals surface area contributed by atoms with Crippen LogP contribution in [-0.2, 0) is 0 Å². The smallest absolute Gasteiger partial charge is 0.340 e. The van der Waals surface area contributed by atoms with E-state index in [2.05, 4.69) is 20.7 Å². The second kappa shape index (κ2) is 7.73. The van der Waals surface area contributed by atoms with Crippen molar-refractivity contribution in [3.63, 3.8) is 0 Å². The third-order valence-corrected chi connectivity index (χ3v) is 3.07. The Kier molecular flexibility index (Phi) is 5.46. The molecule has 2 rings (SSSR count). The number of carboxylic acid groups (broad SMARTS) is 1. The zero-order chi connectivity index (χ0) is 18.4. The number of carbonyl (C=O) groups is 2.